The van der Waals surface area contributed by atoms with Crippen molar-refractivity contribution in [1.29, 1.82) is 0 Å². The van der Waals surface area contributed by atoms with Crippen molar-refractivity contribution in [3.8, 4) is 11.3 Å². The maximum Gasteiger partial charge on any atom is 0.280 e. The van der Waals surface area contributed by atoms with E-state index in [2.05, 4.69) is 5.10 Å². The molecule has 0 saturated heterocycles. The first-order valence-electron chi connectivity index (χ1n) is 10.2. The molecule has 0 spiro atoms. The number of nitro groups is 1. The second kappa shape index (κ2) is 8.31. The van der Waals surface area contributed by atoms with E-state index in [0.29, 0.717) is 39.6 Å². The Labute approximate surface area is 190 Å². The van der Waals surface area contributed by atoms with Crippen LogP contribution in [0.2, 0.25) is 0 Å². The standard InChI is InChI=1S/C25H21N3O5/c1-14-11-22(23(28(31)32)12-15(14)2)24-10-9-20(33-24)13-21-16(3)26-27(25(21)30)19-7-5-18(6-8-19)17(4)29/h5-13H,1-4H3/b21-13+. The highest BCUT2D eigenvalue weighted by Gasteiger charge is 2.29. The smallest absolute Gasteiger partial charge is 0.280 e. The van der Waals surface area contributed by atoms with Crippen LogP contribution in [0.25, 0.3) is 17.4 Å². The highest BCUT2D eigenvalue weighted by molar-refractivity contribution is 6.32. The largest absolute Gasteiger partial charge is 0.456 e. The maximum absolute atomic E-state index is 13.0. The van der Waals surface area contributed by atoms with Crippen LogP contribution in [-0.4, -0.2) is 22.3 Å². The Balaban J connectivity index is 1.65. The molecule has 0 bridgehead atoms. The van der Waals surface area contributed by atoms with Crippen LogP contribution in [0.3, 0.4) is 0 Å². The molecule has 33 heavy (non-hydrogen) atoms. The topological polar surface area (TPSA) is 106 Å². The fraction of sp³-hybridized carbons (Fsp3) is 0.160. The molecule has 166 valence electrons. The average molecular weight is 443 g/mol. The Morgan fingerprint density at radius 3 is 2.36 bits per heavy atom. The Kier molecular flexibility index (Phi) is 5.51. The van der Waals surface area contributed by atoms with Crippen LogP contribution < -0.4 is 5.01 Å². The number of Topliss-reactive ketones (excluding diaryl/α,β-unsaturated/α-hetero) is 1. The number of nitro benzene ring substituents is 1. The van der Waals surface area contributed by atoms with Crippen molar-refractivity contribution in [2.75, 3.05) is 5.01 Å². The molecule has 4 rings (SSSR count). The number of carbonyl (C=O) groups excluding carboxylic acids is 2. The van der Waals surface area contributed by atoms with E-state index in [4.69, 9.17) is 4.42 Å². The lowest BCUT2D eigenvalue weighted by atomic mass is 10.0. The van der Waals surface area contributed by atoms with Gasteiger partial charge in [0.1, 0.15) is 11.5 Å². The minimum Gasteiger partial charge on any atom is -0.456 e. The lowest BCUT2D eigenvalue weighted by Crippen LogP contribution is -2.21. The molecule has 0 radical (unpaired) electrons. The van der Waals surface area contributed by atoms with E-state index in [1.54, 1.807) is 55.5 Å². The van der Waals surface area contributed by atoms with Gasteiger partial charge in [-0.3, -0.25) is 19.7 Å². The second-order valence-electron chi connectivity index (χ2n) is 7.88. The molecular formula is C25H21N3O5. The third-order valence-corrected chi connectivity index (χ3v) is 5.57. The van der Waals surface area contributed by atoms with Gasteiger partial charge in [0, 0.05) is 11.6 Å². The highest BCUT2D eigenvalue weighted by Crippen LogP contribution is 2.34. The number of hydrazone groups is 1. The van der Waals surface area contributed by atoms with E-state index in [9.17, 15) is 19.7 Å². The minimum atomic E-state index is -0.436. The molecule has 1 aromatic heterocycles. The number of benzene rings is 2. The molecule has 1 aliphatic heterocycles. The van der Waals surface area contributed by atoms with Crippen molar-refractivity contribution < 1.29 is 18.9 Å². The third-order valence-electron chi connectivity index (χ3n) is 5.57. The Bertz CT molecular complexity index is 1360. The normalized spacial score (nSPS) is 14.7. The van der Waals surface area contributed by atoms with E-state index in [1.165, 1.54) is 18.0 Å². The van der Waals surface area contributed by atoms with Gasteiger partial charge in [0.25, 0.3) is 11.6 Å². The van der Waals surface area contributed by atoms with Gasteiger partial charge in [-0.05, 0) is 87.4 Å². The summed E-state index contributed by atoms with van der Waals surface area (Å²) in [6, 6.07) is 13.2. The summed E-state index contributed by atoms with van der Waals surface area (Å²) in [4.78, 5) is 35.6. The molecule has 0 saturated carbocycles. The first-order valence-corrected chi connectivity index (χ1v) is 10.2. The number of furan rings is 1. The van der Waals surface area contributed by atoms with Crippen molar-refractivity contribution in [2.45, 2.75) is 27.7 Å². The van der Waals surface area contributed by atoms with Gasteiger partial charge in [0.15, 0.2) is 5.78 Å². The monoisotopic (exact) mass is 443 g/mol. The number of carbonyl (C=O) groups is 2. The van der Waals surface area contributed by atoms with E-state index < -0.39 is 4.92 Å². The van der Waals surface area contributed by atoms with Crippen molar-refractivity contribution in [1.82, 2.24) is 0 Å². The summed E-state index contributed by atoms with van der Waals surface area (Å²) in [7, 11) is 0. The van der Waals surface area contributed by atoms with Gasteiger partial charge >= 0.3 is 0 Å². The number of rotatable bonds is 5. The lowest BCUT2D eigenvalue weighted by Gasteiger charge is -2.11. The van der Waals surface area contributed by atoms with Crippen LogP contribution in [0.15, 0.2) is 63.6 Å². The van der Waals surface area contributed by atoms with Crippen LogP contribution >= 0.6 is 0 Å². The molecule has 8 nitrogen and oxygen atoms in total. The molecule has 8 heteroatoms. The predicted molar refractivity (Wildman–Crippen MR) is 125 cm³/mol. The van der Waals surface area contributed by atoms with Gasteiger partial charge in [0.2, 0.25) is 0 Å². The van der Waals surface area contributed by atoms with E-state index in [-0.39, 0.29) is 17.4 Å². The number of nitrogens with zero attached hydrogens (tertiary/aromatic N) is 3. The first kappa shape index (κ1) is 21.9. The van der Waals surface area contributed by atoms with Crippen LogP contribution in [0.1, 0.15) is 41.1 Å². The molecular weight excluding hydrogens is 422 g/mol. The van der Waals surface area contributed by atoms with Crippen LogP contribution in [0, 0.1) is 24.0 Å². The van der Waals surface area contributed by atoms with Crippen molar-refractivity contribution in [3.05, 3.63) is 86.7 Å². The quantitative estimate of drug-likeness (QED) is 0.225. The zero-order valence-corrected chi connectivity index (χ0v) is 18.6. The molecule has 1 aliphatic rings. The van der Waals surface area contributed by atoms with Gasteiger partial charge < -0.3 is 4.42 Å². The Morgan fingerprint density at radius 1 is 1.06 bits per heavy atom. The van der Waals surface area contributed by atoms with Gasteiger partial charge in [-0.2, -0.15) is 10.1 Å². The second-order valence-corrected chi connectivity index (χ2v) is 7.88. The summed E-state index contributed by atoms with van der Waals surface area (Å²) in [5.74, 6) is 0.322. The molecule has 0 unspecified atom stereocenters. The molecule has 0 atom stereocenters. The Morgan fingerprint density at radius 2 is 1.73 bits per heavy atom. The predicted octanol–water partition coefficient (Wildman–Crippen LogP) is 5.48. The lowest BCUT2D eigenvalue weighted by molar-refractivity contribution is -0.384. The number of aryl methyl sites for hydroxylation is 2. The van der Waals surface area contributed by atoms with E-state index >= 15 is 0 Å². The van der Waals surface area contributed by atoms with Gasteiger partial charge in [-0.1, -0.05) is 0 Å². The first-order chi connectivity index (χ1) is 15.7. The fourth-order valence-electron chi connectivity index (χ4n) is 3.56. The molecule has 2 heterocycles. The summed E-state index contributed by atoms with van der Waals surface area (Å²) >= 11 is 0. The van der Waals surface area contributed by atoms with Crippen LogP contribution in [-0.2, 0) is 4.79 Å². The van der Waals surface area contributed by atoms with Crippen molar-refractivity contribution in [2.24, 2.45) is 5.10 Å². The van der Waals surface area contributed by atoms with E-state index in [0.717, 1.165) is 11.1 Å². The molecule has 0 N–H and O–H groups in total. The van der Waals surface area contributed by atoms with Gasteiger partial charge in [0.05, 0.1) is 27.5 Å². The zero-order valence-electron chi connectivity index (χ0n) is 18.6. The molecule has 0 aliphatic carbocycles. The zero-order chi connectivity index (χ0) is 23.9. The SMILES string of the molecule is CC(=O)c1ccc(N2N=C(C)/C(=C\c3ccc(-c4cc(C)c(C)cc4[N+](=O)[O-])o3)C2=O)cc1. The number of hydrogen-bond acceptors (Lipinski definition) is 6. The summed E-state index contributed by atoms with van der Waals surface area (Å²) < 4.78 is 5.85. The molecule has 1 amide bonds. The summed E-state index contributed by atoms with van der Waals surface area (Å²) in [5, 5.41) is 17.1. The Hall–Kier alpha value is -4.33. The average Bonchev–Trinajstić information content (AvgIpc) is 3.35. The van der Waals surface area contributed by atoms with Gasteiger partial charge in [-0.25, -0.2) is 0 Å². The van der Waals surface area contributed by atoms with Gasteiger partial charge in [-0.15, -0.1) is 0 Å². The molecule has 3 aromatic rings. The van der Waals surface area contributed by atoms with Crippen LogP contribution in [0.5, 0.6) is 0 Å². The number of hydrogen-bond donors (Lipinski definition) is 0. The molecule has 0 fully saturated rings. The summed E-state index contributed by atoms with van der Waals surface area (Å²) in [6.45, 7) is 6.88. The maximum atomic E-state index is 13.0. The number of ketones is 1. The highest BCUT2D eigenvalue weighted by atomic mass is 16.6. The van der Waals surface area contributed by atoms with Crippen LogP contribution in [0.4, 0.5) is 11.4 Å². The van der Waals surface area contributed by atoms with Crippen molar-refractivity contribution >= 4 is 34.9 Å². The van der Waals surface area contributed by atoms with E-state index in [1.807, 2.05) is 13.8 Å². The summed E-state index contributed by atoms with van der Waals surface area (Å²) in [5.41, 5.74) is 4.01. The fourth-order valence-corrected chi connectivity index (χ4v) is 3.56. The number of anilines is 1. The number of amides is 1. The molecule has 2 aromatic carbocycles. The third kappa shape index (κ3) is 4.10. The van der Waals surface area contributed by atoms with Crippen molar-refractivity contribution in [3.63, 3.8) is 0 Å². The minimum absolute atomic E-state index is 0.0403. The summed E-state index contributed by atoms with van der Waals surface area (Å²) in [6.07, 6.45) is 1.57.